The highest BCUT2D eigenvalue weighted by Crippen LogP contribution is 2.28. The van der Waals surface area contributed by atoms with E-state index in [2.05, 4.69) is 17.7 Å². The predicted octanol–water partition coefficient (Wildman–Crippen LogP) is 1.32. The van der Waals surface area contributed by atoms with Gasteiger partial charge in [0.15, 0.2) is 0 Å². The normalized spacial score (nSPS) is 22.9. The minimum absolute atomic E-state index is 0.0957. The van der Waals surface area contributed by atoms with Gasteiger partial charge in [0, 0.05) is 36.5 Å². The second-order valence-electron chi connectivity index (χ2n) is 4.39. The van der Waals surface area contributed by atoms with Crippen LogP contribution in [0.5, 0.6) is 0 Å². The molecule has 2 unspecified atom stereocenters. The van der Waals surface area contributed by atoms with Crippen LogP contribution in [-0.4, -0.2) is 32.4 Å². The molecule has 0 saturated carbocycles. The Labute approximate surface area is 101 Å². The molecule has 1 saturated heterocycles. The van der Waals surface area contributed by atoms with Crippen LogP contribution < -0.4 is 0 Å². The zero-order valence-corrected chi connectivity index (χ0v) is 10.7. The van der Waals surface area contributed by atoms with Crippen LogP contribution in [0.3, 0.4) is 0 Å². The summed E-state index contributed by atoms with van der Waals surface area (Å²) in [5.74, 6) is 0.191. The van der Waals surface area contributed by atoms with Crippen molar-refractivity contribution >= 4 is 18.5 Å². The molecule has 1 aromatic heterocycles. The number of thiol groups is 1. The van der Waals surface area contributed by atoms with Gasteiger partial charge in [-0.05, 0) is 13.8 Å². The van der Waals surface area contributed by atoms with E-state index in [1.165, 1.54) is 0 Å². The molecule has 0 radical (unpaired) electrons. The van der Waals surface area contributed by atoms with Crippen LogP contribution in [0.2, 0.25) is 0 Å². The summed E-state index contributed by atoms with van der Waals surface area (Å²) in [6.45, 7) is 4.81. The predicted molar refractivity (Wildman–Crippen MR) is 65.5 cm³/mol. The number of nitrogens with zero attached hydrogens (tertiary/aromatic N) is 3. The smallest absolute Gasteiger partial charge is 0.224 e. The highest BCUT2D eigenvalue weighted by Gasteiger charge is 2.32. The largest absolute Gasteiger partial charge is 0.335 e. The second kappa shape index (κ2) is 4.13. The van der Waals surface area contributed by atoms with Gasteiger partial charge in [0.05, 0.1) is 12.2 Å². The van der Waals surface area contributed by atoms with Crippen LogP contribution >= 0.6 is 12.6 Å². The minimum atomic E-state index is 0.0957. The lowest BCUT2D eigenvalue weighted by molar-refractivity contribution is -0.129. The molecule has 1 amide bonds. The van der Waals surface area contributed by atoms with E-state index in [0.717, 1.165) is 17.8 Å². The number of carbonyl (C=O) groups is 1. The van der Waals surface area contributed by atoms with E-state index in [9.17, 15) is 4.79 Å². The molecule has 88 valence electrons. The summed E-state index contributed by atoms with van der Waals surface area (Å²) in [6.07, 6.45) is 2.39. The van der Waals surface area contributed by atoms with Crippen molar-refractivity contribution in [3.8, 4) is 0 Å². The van der Waals surface area contributed by atoms with Gasteiger partial charge in [0.2, 0.25) is 5.91 Å². The summed E-state index contributed by atoms with van der Waals surface area (Å²) < 4.78 is 1.84. The monoisotopic (exact) mass is 239 g/mol. The van der Waals surface area contributed by atoms with E-state index in [1.807, 2.05) is 36.7 Å². The van der Waals surface area contributed by atoms with Crippen LogP contribution in [-0.2, 0) is 11.8 Å². The lowest BCUT2D eigenvalue weighted by Crippen LogP contribution is -2.28. The molecule has 1 aliphatic rings. The Balaban J connectivity index is 2.22. The fourth-order valence-corrected chi connectivity index (χ4v) is 2.51. The Hall–Kier alpha value is -0.970. The molecule has 1 aliphatic heterocycles. The molecule has 5 heteroatoms. The number of amides is 1. The minimum Gasteiger partial charge on any atom is -0.335 e. The summed E-state index contributed by atoms with van der Waals surface area (Å²) in [6, 6.07) is 0.0957. The number of aryl methyl sites for hydroxylation is 1. The SMILES string of the molecule is Cc1c(C(C)N2CC(S)CC2=O)cnn1C. The van der Waals surface area contributed by atoms with E-state index in [1.54, 1.807) is 0 Å². The highest BCUT2D eigenvalue weighted by atomic mass is 32.1. The molecule has 2 atom stereocenters. The van der Waals surface area contributed by atoms with Crippen molar-refractivity contribution in [2.75, 3.05) is 6.54 Å². The zero-order chi connectivity index (χ0) is 11.9. The Bertz CT molecular complexity index is 415. The molecule has 0 aliphatic carbocycles. The van der Waals surface area contributed by atoms with Crippen molar-refractivity contribution in [1.29, 1.82) is 0 Å². The van der Waals surface area contributed by atoms with Gasteiger partial charge >= 0.3 is 0 Å². The maximum Gasteiger partial charge on any atom is 0.224 e. The maximum atomic E-state index is 11.8. The number of likely N-dealkylation sites (tertiary alicyclic amines) is 1. The van der Waals surface area contributed by atoms with Crippen molar-refractivity contribution in [1.82, 2.24) is 14.7 Å². The van der Waals surface area contributed by atoms with Crippen molar-refractivity contribution in [3.63, 3.8) is 0 Å². The Kier molecular flexibility index (Phi) is 2.97. The van der Waals surface area contributed by atoms with Gasteiger partial charge in [-0.1, -0.05) is 0 Å². The Morgan fingerprint density at radius 1 is 1.62 bits per heavy atom. The summed E-state index contributed by atoms with van der Waals surface area (Å²) >= 11 is 4.37. The van der Waals surface area contributed by atoms with Crippen LogP contribution in [0.25, 0.3) is 0 Å². The second-order valence-corrected chi connectivity index (χ2v) is 5.12. The van der Waals surface area contributed by atoms with Gasteiger partial charge in [-0.25, -0.2) is 0 Å². The van der Waals surface area contributed by atoms with Gasteiger partial charge in [-0.2, -0.15) is 17.7 Å². The van der Waals surface area contributed by atoms with Gasteiger partial charge in [-0.15, -0.1) is 0 Å². The molecule has 0 N–H and O–H groups in total. The highest BCUT2D eigenvalue weighted by molar-refractivity contribution is 7.81. The van der Waals surface area contributed by atoms with E-state index >= 15 is 0 Å². The fourth-order valence-electron chi connectivity index (χ4n) is 2.18. The molecule has 2 rings (SSSR count). The van der Waals surface area contributed by atoms with Gasteiger partial charge in [-0.3, -0.25) is 9.48 Å². The molecular weight excluding hydrogens is 222 g/mol. The van der Waals surface area contributed by atoms with E-state index in [4.69, 9.17) is 0 Å². The van der Waals surface area contributed by atoms with Crippen molar-refractivity contribution in [2.24, 2.45) is 7.05 Å². The van der Waals surface area contributed by atoms with Crippen molar-refractivity contribution in [2.45, 2.75) is 31.6 Å². The van der Waals surface area contributed by atoms with Crippen molar-refractivity contribution in [3.05, 3.63) is 17.5 Å². The van der Waals surface area contributed by atoms with Crippen molar-refractivity contribution < 1.29 is 4.79 Å². The first-order chi connectivity index (χ1) is 7.50. The zero-order valence-electron chi connectivity index (χ0n) is 9.84. The first-order valence-electron chi connectivity index (χ1n) is 5.46. The maximum absolute atomic E-state index is 11.8. The fraction of sp³-hybridized carbons (Fsp3) is 0.636. The topological polar surface area (TPSA) is 38.1 Å². The molecule has 2 heterocycles. The van der Waals surface area contributed by atoms with Gasteiger partial charge in [0.1, 0.15) is 0 Å². The number of carbonyl (C=O) groups excluding carboxylic acids is 1. The molecule has 0 spiro atoms. The van der Waals surface area contributed by atoms with Crippen LogP contribution in [0, 0.1) is 6.92 Å². The van der Waals surface area contributed by atoms with Gasteiger partial charge < -0.3 is 4.90 Å². The lowest BCUT2D eigenvalue weighted by atomic mass is 10.1. The molecule has 1 fully saturated rings. The quantitative estimate of drug-likeness (QED) is 0.790. The summed E-state index contributed by atoms with van der Waals surface area (Å²) in [7, 11) is 1.92. The van der Waals surface area contributed by atoms with E-state index < -0.39 is 0 Å². The van der Waals surface area contributed by atoms with Gasteiger partial charge in [0.25, 0.3) is 0 Å². The van der Waals surface area contributed by atoms with E-state index in [0.29, 0.717) is 6.42 Å². The third kappa shape index (κ3) is 1.84. The number of aromatic nitrogens is 2. The average molecular weight is 239 g/mol. The third-order valence-corrected chi connectivity index (χ3v) is 3.67. The summed E-state index contributed by atoms with van der Waals surface area (Å²) in [4.78, 5) is 13.7. The summed E-state index contributed by atoms with van der Waals surface area (Å²) in [5, 5.41) is 4.39. The molecular formula is C11H17N3OS. The molecule has 4 nitrogen and oxygen atoms in total. The number of rotatable bonds is 2. The summed E-state index contributed by atoms with van der Waals surface area (Å²) in [5.41, 5.74) is 2.24. The molecule has 1 aromatic rings. The Morgan fingerprint density at radius 3 is 2.75 bits per heavy atom. The van der Waals surface area contributed by atoms with Crippen LogP contribution in [0.4, 0.5) is 0 Å². The molecule has 0 bridgehead atoms. The number of hydrogen-bond acceptors (Lipinski definition) is 3. The average Bonchev–Trinajstić information content (AvgIpc) is 2.71. The lowest BCUT2D eigenvalue weighted by Gasteiger charge is -2.24. The molecule has 0 aromatic carbocycles. The number of hydrogen-bond donors (Lipinski definition) is 1. The standard InChI is InChI=1S/C11H17N3OS/c1-7-10(5-12-13(7)3)8(2)14-6-9(16)4-11(14)15/h5,8-9,16H,4,6H2,1-3H3. The first kappa shape index (κ1) is 11.5. The van der Waals surface area contributed by atoms with E-state index in [-0.39, 0.29) is 17.2 Å². The Morgan fingerprint density at radius 2 is 2.31 bits per heavy atom. The first-order valence-corrected chi connectivity index (χ1v) is 5.98. The van der Waals surface area contributed by atoms with Crippen LogP contribution in [0.15, 0.2) is 6.20 Å². The molecule has 16 heavy (non-hydrogen) atoms. The van der Waals surface area contributed by atoms with Crippen LogP contribution in [0.1, 0.15) is 30.6 Å². The third-order valence-electron chi connectivity index (χ3n) is 3.33.